The van der Waals surface area contributed by atoms with E-state index in [1.807, 2.05) is 4.90 Å². The van der Waals surface area contributed by atoms with Gasteiger partial charge in [0.25, 0.3) is 5.91 Å². The van der Waals surface area contributed by atoms with E-state index >= 15 is 0 Å². The zero-order valence-corrected chi connectivity index (χ0v) is 15.5. The topological polar surface area (TPSA) is 61.9 Å². The number of hydrogen-bond acceptors (Lipinski definition) is 4. The molecule has 2 amide bonds. The van der Waals surface area contributed by atoms with Crippen LogP contribution in [0.2, 0.25) is 0 Å². The van der Waals surface area contributed by atoms with Crippen LogP contribution in [-0.2, 0) is 9.59 Å². The lowest BCUT2D eigenvalue weighted by Crippen LogP contribution is -2.51. The van der Waals surface area contributed by atoms with Crippen LogP contribution in [0.5, 0.6) is 5.75 Å². The smallest absolute Gasteiger partial charge is 0.260 e. The number of rotatable bonds is 6. The predicted molar refractivity (Wildman–Crippen MR) is 99.9 cm³/mol. The Morgan fingerprint density at radius 2 is 1.62 bits per heavy atom. The number of carbonyl (C=O) groups excluding carboxylic acids is 2. The lowest BCUT2D eigenvalue weighted by molar-refractivity contribution is -0.135. The Morgan fingerprint density at radius 1 is 0.931 bits per heavy atom. The molecule has 0 spiro atoms. The molecule has 1 aliphatic rings. The van der Waals surface area contributed by atoms with E-state index in [9.17, 15) is 22.8 Å². The first-order chi connectivity index (χ1) is 13.9. The molecule has 1 fully saturated rings. The standard InChI is InChI=1S/C20H20F3N3O3/c21-14-1-4-16(5-2-14)29-13-20(28)26-9-7-25(8-10-26)12-19(27)24-15-3-6-17(22)18(23)11-15/h1-6,11H,7-10,12-13H2,(H,24,27). The third kappa shape index (κ3) is 5.95. The van der Waals surface area contributed by atoms with E-state index in [-0.39, 0.29) is 36.5 Å². The van der Waals surface area contributed by atoms with Crippen LogP contribution >= 0.6 is 0 Å². The van der Waals surface area contributed by atoms with Gasteiger partial charge in [0.1, 0.15) is 11.6 Å². The molecule has 154 valence electrons. The molecule has 1 saturated heterocycles. The first kappa shape index (κ1) is 20.7. The Labute approximate surface area is 165 Å². The number of piperazine rings is 1. The highest BCUT2D eigenvalue weighted by Gasteiger charge is 2.22. The summed E-state index contributed by atoms with van der Waals surface area (Å²) in [6.45, 7) is 1.78. The predicted octanol–water partition coefficient (Wildman–Crippen LogP) is 2.27. The van der Waals surface area contributed by atoms with E-state index < -0.39 is 11.6 Å². The van der Waals surface area contributed by atoms with Crippen LogP contribution in [0.3, 0.4) is 0 Å². The van der Waals surface area contributed by atoms with Crippen molar-refractivity contribution in [2.45, 2.75) is 0 Å². The second-order valence-corrected chi connectivity index (χ2v) is 6.58. The van der Waals surface area contributed by atoms with Crippen molar-refractivity contribution in [3.63, 3.8) is 0 Å². The highest BCUT2D eigenvalue weighted by molar-refractivity contribution is 5.92. The van der Waals surface area contributed by atoms with Crippen molar-refractivity contribution >= 4 is 17.5 Å². The molecule has 9 heteroatoms. The highest BCUT2D eigenvalue weighted by Crippen LogP contribution is 2.14. The highest BCUT2D eigenvalue weighted by atomic mass is 19.2. The Kier molecular flexibility index (Phi) is 6.71. The summed E-state index contributed by atoms with van der Waals surface area (Å²) >= 11 is 0. The molecule has 0 aliphatic carbocycles. The number of halogens is 3. The van der Waals surface area contributed by atoms with Gasteiger partial charge in [-0.15, -0.1) is 0 Å². The lowest BCUT2D eigenvalue weighted by Gasteiger charge is -2.34. The summed E-state index contributed by atoms with van der Waals surface area (Å²) in [5.41, 5.74) is 0.181. The summed E-state index contributed by atoms with van der Waals surface area (Å²) in [4.78, 5) is 27.8. The van der Waals surface area contributed by atoms with Gasteiger partial charge >= 0.3 is 0 Å². The summed E-state index contributed by atoms with van der Waals surface area (Å²) in [6, 6.07) is 8.56. The van der Waals surface area contributed by atoms with Crippen LogP contribution in [0.1, 0.15) is 0 Å². The van der Waals surface area contributed by atoms with Gasteiger partial charge in [0.05, 0.1) is 6.54 Å². The van der Waals surface area contributed by atoms with Crippen LogP contribution in [0.15, 0.2) is 42.5 Å². The summed E-state index contributed by atoms with van der Waals surface area (Å²) in [5, 5.41) is 2.52. The molecule has 0 atom stereocenters. The minimum Gasteiger partial charge on any atom is -0.484 e. The molecule has 0 unspecified atom stereocenters. The van der Waals surface area contributed by atoms with Crippen LogP contribution in [0.25, 0.3) is 0 Å². The van der Waals surface area contributed by atoms with Crippen molar-refractivity contribution in [3.8, 4) is 5.75 Å². The lowest BCUT2D eigenvalue weighted by atomic mass is 10.2. The molecule has 29 heavy (non-hydrogen) atoms. The van der Waals surface area contributed by atoms with Crippen LogP contribution in [0.4, 0.5) is 18.9 Å². The molecule has 0 bridgehead atoms. The minimum atomic E-state index is -1.03. The first-order valence-corrected chi connectivity index (χ1v) is 9.04. The maximum atomic E-state index is 13.2. The second kappa shape index (κ2) is 9.42. The quantitative estimate of drug-likeness (QED) is 0.798. The normalized spacial score (nSPS) is 14.5. The fourth-order valence-electron chi connectivity index (χ4n) is 2.90. The van der Waals surface area contributed by atoms with Crippen molar-refractivity contribution in [1.82, 2.24) is 9.80 Å². The maximum Gasteiger partial charge on any atom is 0.260 e. The summed E-state index contributed by atoms with van der Waals surface area (Å²) < 4.78 is 44.3. The fraction of sp³-hybridized carbons (Fsp3) is 0.300. The Hall–Kier alpha value is -3.07. The summed E-state index contributed by atoms with van der Waals surface area (Å²) in [5.74, 6) is -2.53. The van der Waals surface area contributed by atoms with Gasteiger partial charge in [-0.3, -0.25) is 14.5 Å². The largest absolute Gasteiger partial charge is 0.484 e. The van der Waals surface area contributed by atoms with Crippen LogP contribution < -0.4 is 10.1 Å². The van der Waals surface area contributed by atoms with E-state index in [4.69, 9.17) is 4.74 Å². The van der Waals surface area contributed by atoms with Gasteiger partial charge in [-0.05, 0) is 36.4 Å². The molecule has 0 saturated carbocycles. The van der Waals surface area contributed by atoms with Gasteiger partial charge in [0.2, 0.25) is 5.91 Å². The maximum absolute atomic E-state index is 13.2. The monoisotopic (exact) mass is 407 g/mol. The Balaban J connectivity index is 1.40. The van der Waals surface area contributed by atoms with E-state index in [2.05, 4.69) is 5.32 Å². The van der Waals surface area contributed by atoms with Gasteiger partial charge in [-0.1, -0.05) is 0 Å². The van der Waals surface area contributed by atoms with E-state index in [0.29, 0.717) is 31.9 Å². The molecular formula is C20H20F3N3O3. The van der Waals surface area contributed by atoms with Crippen LogP contribution in [-0.4, -0.2) is 60.9 Å². The molecule has 3 rings (SSSR count). The van der Waals surface area contributed by atoms with Crippen LogP contribution in [0, 0.1) is 17.5 Å². The zero-order chi connectivity index (χ0) is 20.8. The van der Waals surface area contributed by atoms with Gasteiger partial charge in [-0.2, -0.15) is 0 Å². The van der Waals surface area contributed by atoms with Gasteiger partial charge in [0.15, 0.2) is 18.2 Å². The number of carbonyl (C=O) groups is 2. The molecule has 6 nitrogen and oxygen atoms in total. The SMILES string of the molecule is O=C(CN1CCN(C(=O)COc2ccc(F)cc2)CC1)Nc1ccc(F)c(F)c1. The third-order valence-electron chi connectivity index (χ3n) is 4.47. The van der Waals surface area contributed by atoms with E-state index in [0.717, 1.165) is 12.1 Å². The van der Waals surface area contributed by atoms with Crippen molar-refractivity contribution in [2.75, 3.05) is 44.6 Å². The van der Waals surface area contributed by atoms with Crippen molar-refractivity contribution in [1.29, 1.82) is 0 Å². The molecule has 1 N–H and O–H groups in total. The number of anilines is 1. The molecule has 0 radical (unpaired) electrons. The molecular weight excluding hydrogens is 387 g/mol. The number of nitrogens with one attached hydrogen (secondary N) is 1. The fourth-order valence-corrected chi connectivity index (χ4v) is 2.90. The van der Waals surface area contributed by atoms with E-state index in [1.54, 1.807) is 4.90 Å². The number of benzene rings is 2. The molecule has 2 aromatic carbocycles. The Morgan fingerprint density at radius 3 is 2.28 bits per heavy atom. The molecule has 0 aromatic heterocycles. The number of hydrogen-bond donors (Lipinski definition) is 1. The number of amides is 2. The van der Waals surface area contributed by atoms with Crippen molar-refractivity contribution in [3.05, 3.63) is 59.9 Å². The minimum absolute atomic E-state index is 0.0765. The van der Waals surface area contributed by atoms with Gasteiger partial charge < -0.3 is 15.0 Å². The first-order valence-electron chi connectivity index (χ1n) is 9.04. The van der Waals surface area contributed by atoms with E-state index in [1.165, 1.54) is 30.3 Å². The Bertz CT molecular complexity index is 869. The van der Waals surface area contributed by atoms with Crippen molar-refractivity contribution < 1.29 is 27.5 Å². The molecule has 1 heterocycles. The van der Waals surface area contributed by atoms with Crippen molar-refractivity contribution in [2.24, 2.45) is 0 Å². The summed E-state index contributed by atoms with van der Waals surface area (Å²) in [6.07, 6.45) is 0. The van der Waals surface area contributed by atoms with Gasteiger partial charge in [0, 0.05) is 37.9 Å². The summed E-state index contributed by atoms with van der Waals surface area (Å²) in [7, 11) is 0. The molecule has 1 aliphatic heterocycles. The average molecular weight is 407 g/mol. The number of ether oxygens (including phenoxy) is 1. The second-order valence-electron chi connectivity index (χ2n) is 6.58. The third-order valence-corrected chi connectivity index (χ3v) is 4.47. The number of nitrogens with zero attached hydrogens (tertiary/aromatic N) is 2. The van der Waals surface area contributed by atoms with Gasteiger partial charge in [-0.25, -0.2) is 13.2 Å². The average Bonchev–Trinajstić information content (AvgIpc) is 2.70. The molecule has 2 aromatic rings. The zero-order valence-electron chi connectivity index (χ0n) is 15.5.